The van der Waals surface area contributed by atoms with E-state index in [4.69, 9.17) is 9.47 Å². The van der Waals surface area contributed by atoms with Gasteiger partial charge in [-0.2, -0.15) is 4.99 Å². The summed E-state index contributed by atoms with van der Waals surface area (Å²) < 4.78 is 35.7. The Morgan fingerprint density at radius 2 is 1.86 bits per heavy atom. The largest absolute Gasteiger partial charge is 0.496 e. The topological polar surface area (TPSA) is 104 Å². The predicted octanol–water partition coefficient (Wildman–Crippen LogP) is 2.03. The number of thiazole rings is 1. The monoisotopic (exact) mass is 434 g/mol. The average molecular weight is 434 g/mol. The summed E-state index contributed by atoms with van der Waals surface area (Å²) >= 11 is 1.11. The first-order valence-corrected chi connectivity index (χ1v) is 11.1. The van der Waals surface area contributed by atoms with Crippen molar-refractivity contribution in [3.8, 4) is 5.75 Å². The molecule has 0 aliphatic carbocycles. The highest BCUT2D eigenvalue weighted by atomic mass is 32.2. The fourth-order valence-electron chi connectivity index (χ4n) is 2.68. The second-order valence-electron chi connectivity index (χ2n) is 6.07. The van der Waals surface area contributed by atoms with Crippen LogP contribution in [-0.4, -0.2) is 45.3 Å². The van der Waals surface area contributed by atoms with E-state index in [2.05, 4.69) is 4.99 Å². The van der Waals surface area contributed by atoms with Crippen molar-refractivity contribution in [1.82, 2.24) is 4.57 Å². The minimum Gasteiger partial charge on any atom is -0.496 e. The molecule has 0 saturated carbocycles. The zero-order valence-corrected chi connectivity index (χ0v) is 17.5. The summed E-state index contributed by atoms with van der Waals surface area (Å²) in [5.74, 6) is -0.694. The van der Waals surface area contributed by atoms with E-state index < -0.39 is 21.7 Å². The molecule has 0 saturated heterocycles. The molecule has 8 nitrogen and oxygen atoms in total. The van der Waals surface area contributed by atoms with E-state index in [9.17, 15) is 18.0 Å². The van der Waals surface area contributed by atoms with E-state index in [0.29, 0.717) is 16.0 Å². The van der Waals surface area contributed by atoms with Gasteiger partial charge in [0, 0.05) is 6.26 Å². The van der Waals surface area contributed by atoms with E-state index >= 15 is 0 Å². The van der Waals surface area contributed by atoms with Crippen molar-refractivity contribution in [3.05, 3.63) is 52.8 Å². The number of fused-ring (bicyclic) bond motifs is 1. The van der Waals surface area contributed by atoms with Gasteiger partial charge in [0.1, 0.15) is 12.3 Å². The second kappa shape index (κ2) is 8.18. The Hall–Kier alpha value is -2.98. The molecule has 3 rings (SSSR count). The zero-order valence-electron chi connectivity index (χ0n) is 15.9. The summed E-state index contributed by atoms with van der Waals surface area (Å²) in [6.07, 6.45) is 1.11. The fourth-order valence-corrected chi connectivity index (χ4v) is 4.47. The summed E-state index contributed by atoms with van der Waals surface area (Å²) in [6, 6.07) is 11.2. The number of esters is 1. The Balaban J connectivity index is 2.21. The number of sulfone groups is 1. The maximum atomic E-state index is 12.7. The maximum Gasteiger partial charge on any atom is 0.325 e. The number of aromatic nitrogens is 1. The molecule has 0 aliphatic rings. The number of hydrogen-bond donors (Lipinski definition) is 0. The van der Waals surface area contributed by atoms with Crippen LogP contribution in [0.2, 0.25) is 0 Å². The third kappa shape index (κ3) is 4.38. The molecule has 0 aliphatic heterocycles. The molecule has 3 aromatic rings. The lowest BCUT2D eigenvalue weighted by Crippen LogP contribution is -2.22. The number of carbonyl (C=O) groups excluding carboxylic acids is 2. The van der Waals surface area contributed by atoms with Gasteiger partial charge in [0.25, 0.3) is 5.91 Å². The zero-order chi connectivity index (χ0) is 21.2. The standard InChI is InChI=1S/C19H18N2O6S2/c1-26-15-7-5-4-6-13(15)18(23)20-19-21(11-17(22)27-2)14-9-8-12(29(3,24)25)10-16(14)28-19/h4-10H,11H2,1-3H3. The molecule has 0 fully saturated rings. The van der Waals surface area contributed by atoms with E-state index in [0.717, 1.165) is 17.6 Å². The number of benzene rings is 2. The smallest absolute Gasteiger partial charge is 0.325 e. The Bertz CT molecular complexity index is 1270. The van der Waals surface area contributed by atoms with Crippen LogP contribution in [0.5, 0.6) is 5.75 Å². The number of ether oxygens (including phenoxy) is 2. The molecule has 1 aromatic heterocycles. The van der Waals surface area contributed by atoms with Crippen LogP contribution in [0.4, 0.5) is 0 Å². The highest BCUT2D eigenvalue weighted by molar-refractivity contribution is 7.90. The lowest BCUT2D eigenvalue weighted by Gasteiger charge is -2.05. The highest BCUT2D eigenvalue weighted by Crippen LogP contribution is 2.23. The molecular formula is C19H18N2O6S2. The number of nitrogens with zero attached hydrogens (tertiary/aromatic N) is 2. The van der Waals surface area contributed by atoms with Gasteiger partial charge in [-0.1, -0.05) is 23.5 Å². The fraction of sp³-hybridized carbons (Fsp3) is 0.211. The summed E-state index contributed by atoms with van der Waals surface area (Å²) in [7, 11) is -0.695. The molecule has 10 heteroatoms. The van der Waals surface area contributed by atoms with E-state index in [-0.39, 0.29) is 21.8 Å². The lowest BCUT2D eigenvalue weighted by molar-refractivity contribution is -0.141. The molecule has 0 spiro atoms. The minimum absolute atomic E-state index is 0.138. The van der Waals surface area contributed by atoms with Crippen molar-refractivity contribution < 1.29 is 27.5 Å². The van der Waals surface area contributed by atoms with Gasteiger partial charge in [-0.15, -0.1) is 0 Å². The molecule has 0 radical (unpaired) electrons. The van der Waals surface area contributed by atoms with Crippen LogP contribution in [0.15, 0.2) is 52.4 Å². The van der Waals surface area contributed by atoms with Gasteiger partial charge in [0.2, 0.25) is 0 Å². The van der Waals surface area contributed by atoms with Gasteiger partial charge in [0.05, 0.1) is 34.9 Å². The van der Waals surface area contributed by atoms with Crippen LogP contribution in [0.25, 0.3) is 10.2 Å². The van der Waals surface area contributed by atoms with Crippen molar-refractivity contribution >= 4 is 43.3 Å². The normalized spacial score (nSPS) is 12.2. The maximum absolute atomic E-state index is 12.7. The number of para-hydroxylation sites is 1. The molecule has 152 valence electrons. The van der Waals surface area contributed by atoms with Crippen LogP contribution >= 0.6 is 11.3 Å². The Labute approximate surface area is 171 Å². The molecule has 0 atom stereocenters. The second-order valence-corrected chi connectivity index (χ2v) is 9.09. The van der Waals surface area contributed by atoms with Crippen LogP contribution in [0, 0.1) is 0 Å². The third-order valence-electron chi connectivity index (χ3n) is 4.13. The van der Waals surface area contributed by atoms with Gasteiger partial charge in [-0.05, 0) is 30.3 Å². The van der Waals surface area contributed by atoms with Crippen molar-refractivity contribution in [1.29, 1.82) is 0 Å². The molecule has 0 unspecified atom stereocenters. The Kier molecular flexibility index (Phi) is 5.85. The summed E-state index contributed by atoms with van der Waals surface area (Å²) in [6.45, 7) is -0.174. The number of amides is 1. The van der Waals surface area contributed by atoms with Crippen LogP contribution in [-0.2, 0) is 25.9 Å². The van der Waals surface area contributed by atoms with Crippen LogP contribution < -0.4 is 9.54 Å². The van der Waals surface area contributed by atoms with Gasteiger partial charge in [-0.25, -0.2) is 8.42 Å². The van der Waals surface area contributed by atoms with Crippen LogP contribution in [0.3, 0.4) is 0 Å². The molecular weight excluding hydrogens is 416 g/mol. The number of hydrogen-bond acceptors (Lipinski definition) is 7. The van der Waals surface area contributed by atoms with Crippen molar-refractivity contribution in [2.24, 2.45) is 4.99 Å². The Morgan fingerprint density at radius 1 is 1.14 bits per heavy atom. The molecule has 1 heterocycles. The van der Waals surface area contributed by atoms with Gasteiger partial charge < -0.3 is 14.0 Å². The van der Waals surface area contributed by atoms with Crippen LogP contribution in [0.1, 0.15) is 10.4 Å². The highest BCUT2D eigenvalue weighted by Gasteiger charge is 2.16. The number of rotatable bonds is 5. The van der Waals surface area contributed by atoms with E-state index in [1.165, 1.54) is 30.9 Å². The van der Waals surface area contributed by atoms with E-state index in [1.807, 2.05) is 0 Å². The number of methoxy groups -OCH3 is 2. The number of carbonyl (C=O) groups is 2. The van der Waals surface area contributed by atoms with E-state index in [1.54, 1.807) is 30.3 Å². The summed E-state index contributed by atoms with van der Waals surface area (Å²) in [5, 5.41) is 0. The third-order valence-corrected chi connectivity index (χ3v) is 6.28. The molecule has 1 amide bonds. The van der Waals surface area contributed by atoms with Gasteiger partial charge >= 0.3 is 5.97 Å². The average Bonchev–Trinajstić information content (AvgIpc) is 3.03. The molecule has 0 bridgehead atoms. The molecule has 0 N–H and O–H groups in total. The summed E-state index contributed by atoms with van der Waals surface area (Å²) in [4.78, 5) is 29.2. The quantitative estimate of drug-likeness (QED) is 0.569. The lowest BCUT2D eigenvalue weighted by atomic mass is 10.2. The van der Waals surface area contributed by atoms with Gasteiger partial charge in [0.15, 0.2) is 14.6 Å². The summed E-state index contributed by atoms with van der Waals surface area (Å²) in [5.41, 5.74) is 0.841. The first-order valence-electron chi connectivity index (χ1n) is 8.37. The van der Waals surface area contributed by atoms with Crippen molar-refractivity contribution in [2.75, 3.05) is 20.5 Å². The van der Waals surface area contributed by atoms with Crippen molar-refractivity contribution in [2.45, 2.75) is 11.4 Å². The molecule has 2 aromatic carbocycles. The first-order chi connectivity index (χ1) is 13.7. The molecule has 29 heavy (non-hydrogen) atoms. The van der Waals surface area contributed by atoms with Gasteiger partial charge in [-0.3, -0.25) is 9.59 Å². The predicted molar refractivity (Wildman–Crippen MR) is 108 cm³/mol. The Morgan fingerprint density at radius 3 is 2.52 bits per heavy atom. The van der Waals surface area contributed by atoms with Crippen molar-refractivity contribution in [3.63, 3.8) is 0 Å². The minimum atomic E-state index is -3.41. The first kappa shape index (κ1) is 20.7. The SMILES string of the molecule is COC(=O)Cn1c(=NC(=O)c2ccccc2OC)sc2cc(S(C)(=O)=O)ccc21.